The van der Waals surface area contributed by atoms with Gasteiger partial charge in [0.05, 0.1) is 18.2 Å². The molecular formula is C17H17N3OS. The number of hydrogen-bond donors (Lipinski definition) is 1. The van der Waals surface area contributed by atoms with Crippen molar-refractivity contribution in [3.63, 3.8) is 0 Å². The quantitative estimate of drug-likeness (QED) is 0.941. The van der Waals surface area contributed by atoms with Crippen LogP contribution in [0.15, 0.2) is 41.8 Å². The lowest BCUT2D eigenvalue weighted by Gasteiger charge is -2.22. The Hall–Kier alpha value is -2.16. The molecule has 0 spiro atoms. The summed E-state index contributed by atoms with van der Waals surface area (Å²) in [5, 5.41) is 13.8. The fourth-order valence-electron chi connectivity index (χ4n) is 2.83. The molecule has 0 aliphatic carbocycles. The molecule has 1 N–H and O–H groups in total. The minimum absolute atomic E-state index is 0.00633. The largest absolute Gasteiger partial charge is 0.325 e. The van der Waals surface area contributed by atoms with E-state index in [1.165, 1.54) is 4.88 Å². The number of benzene rings is 1. The summed E-state index contributed by atoms with van der Waals surface area (Å²) < 4.78 is 0. The van der Waals surface area contributed by atoms with Gasteiger partial charge in [-0.1, -0.05) is 6.07 Å². The van der Waals surface area contributed by atoms with Gasteiger partial charge in [-0.25, -0.2) is 0 Å². The Kier molecular flexibility index (Phi) is 4.52. The summed E-state index contributed by atoms with van der Waals surface area (Å²) in [6.07, 6.45) is 2.25. The Morgan fingerprint density at radius 2 is 2.18 bits per heavy atom. The first-order chi connectivity index (χ1) is 10.8. The van der Waals surface area contributed by atoms with Crippen LogP contribution in [-0.4, -0.2) is 23.9 Å². The number of nitrogens with one attached hydrogen (secondary N) is 1. The molecule has 2 heterocycles. The van der Waals surface area contributed by atoms with Gasteiger partial charge in [0.2, 0.25) is 5.91 Å². The topological polar surface area (TPSA) is 56.1 Å². The molecule has 0 radical (unpaired) electrons. The lowest BCUT2D eigenvalue weighted by molar-refractivity contribution is -0.117. The Morgan fingerprint density at radius 3 is 2.86 bits per heavy atom. The number of nitrogens with zero attached hydrogens (tertiary/aromatic N) is 2. The standard InChI is InChI=1S/C17H17N3OS/c18-11-13-5-7-14(8-6-13)19-17(21)12-20-9-1-3-15(20)16-4-2-10-22-16/h2,4-8,10,15H,1,3,9,12H2,(H,19,21)/t15-/m1/s1. The lowest BCUT2D eigenvalue weighted by Crippen LogP contribution is -2.32. The normalized spacial score (nSPS) is 18.0. The molecule has 1 saturated heterocycles. The maximum Gasteiger partial charge on any atom is 0.238 e. The van der Waals surface area contributed by atoms with Crippen LogP contribution in [0.2, 0.25) is 0 Å². The average Bonchev–Trinajstić information content (AvgIpc) is 3.18. The Bertz CT molecular complexity index is 673. The first kappa shape index (κ1) is 14.8. The van der Waals surface area contributed by atoms with Crippen molar-refractivity contribution in [3.05, 3.63) is 52.2 Å². The summed E-state index contributed by atoms with van der Waals surface area (Å²) in [7, 11) is 0. The number of carbonyl (C=O) groups excluding carboxylic acids is 1. The van der Waals surface area contributed by atoms with Gasteiger partial charge < -0.3 is 5.32 Å². The smallest absolute Gasteiger partial charge is 0.238 e. The minimum Gasteiger partial charge on any atom is -0.325 e. The fraction of sp³-hybridized carbons (Fsp3) is 0.294. The third kappa shape index (κ3) is 3.35. The molecule has 1 aromatic carbocycles. The van der Waals surface area contributed by atoms with Gasteiger partial charge >= 0.3 is 0 Å². The molecule has 0 saturated carbocycles. The number of carbonyl (C=O) groups is 1. The Balaban J connectivity index is 1.60. The molecule has 22 heavy (non-hydrogen) atoms. The van der Waals surface area contributed by atoms with Crippen molar-refractivity contribution in [2.75, 3.05) is 18.4 Å². The summed E-state index contributed by atoms with van der Waals surface area (Å²) >= 11 is 1.76. The van der Waals surface area contributed by atoms with Crippen LogP contribution >= 0.6 is 11.3 Å². The number of nitriles is 1. The summed E-state index contributed by atoms with van der Waals surface area (Å²) in [6.45, 7) is 1.37. The van der Waals surface area contributed by atoms with E-state index in [0.29, 0.717) is 18.2 Å². The number of rotatable bonds is 4. The number of anilines is 1. The van der Waals surface area contributed by atoms with Crippen molar-refractivity contribution in [1.29, 1.82) is 5.26 Å². The summed E-state index contributed by atoms with van der Waals surface area (Å²) in [4.78, 5) is 15.8. The monoisotopic (exact) mass is 311 g/mol. The molecule has 0 bridgehead atoms. The first-order valence-corrected chi connectivity index (χ1v) is 8.22. The summed E-state index contributed by atoms with van der Waals surface area (Å²) in [5.74, 6) is -0.00633. The minimum atomic E-state index is -0.00633. The highest BCUT2D eigenvalue weighted by Gasteiger charge is 2.28. The average molecular weight is 311 g/mol. The van der Waals surface area contributed by atoms with E-state index in [1.807, 2.05) is 0 Å². The highest BCUT2D eigenvalue weighted by atomic mass is 32.1. The molecule has 2 aromatic rings. The van der Waals surface area contributed by atoms with Crippen LogP contribution in [0.5, 0.6) is 0 Å². The zero-order chi connectivity index (χ0) is 15.4. The molecule has 1 aromatic heterocycles. The van der Waals surface area contributed by atoms with Gasteiger partial charge in [-0.3, -0.25) is 9.69 Å². The number of likely N-dealkylation sites (tertiary alicyclic amines) is 1. The first-order valence-electron chi connectivity index (χ1n) is 7.34. The van der Waals surface area contributed by atoms with Gasteiger partial charge in [0.25, 0.3) is 0 Å². The van der Waals surface area contributed by atoms with Crippen molar-refractivity contribution in [3.8, 4) is 6.07 Å². The van der Waals surface area contributed by atoms with Crippen molar-refractivity contribution >= 4 is 22.9 Å². The highest BCUT2D eigenvalue weighted by molar-refractivity contribution is 7.10. The van der Waals surface area contributed by atoms with Gasteiger partial charge in [-0.2, -0.15) is 5.26 Å². The number of thiophene rings is 1. The van der Waals surface area contributed by atoms with Crippen molar-refractivity contribution in [1.82, 2.24) is 4.90 Å². The van der Waals surface area contributed by atoms with Crippen molar-refractivity contribution in [2.24, 2.45) is 0 Å². The molecule has 1 amide bonds. The predicted molar refractivity (Wildman–Crippen MR) is 87.7 cm³/mol. The summed E-state index contributed by atoms with van der Waals surface area (Å²) in [6, 6.07) is 13.6. The van der Waals surface area contributed by atoms with Crippen LogP contribution in [-0.2, 0) is 4.79 Å². The van der Waals surface area contributed by atoms with Crippen LogP contribution in [0.3, 0.4) is 0 Å². The maximum atomic E-state index is 12.2. The second-order valence-electron chi connectivity index (χ2n) is 5.38. The second kappa shape index (κ2) is 6.73. The Labute approximate surface area is 134 Å². The van der Waals surface area contributed by atoms with E-state index in [1.54, 1.807) is 35.6 Å². The number of amides is 1. The zero-order valence-electron chi connectivity index (χ0n) is 12.2. The van der Waals surface area contributed by atoms with E-state index >= 15 is 0 Å². The maximum absolute atomic E-state index is 12.2. The van der Waals surface area contributed by atoms with Crippen molar-refractivity contribution in [2.45, 2.75) is 18.9 Å². The van der Waals surface area contributed by atoms with Gasteiger partial charge in [0.1, 0.15) is 0 Å². The lowest BCUT2D eigenvalue weighted by atomic mass is 10.2. The molecule has 112 valence electrons. The molecular weight excluding hydrogens is 294 g/mol. The molecule has 1 fully saturated rings. The number of hydrogen-bond acceptors (Lipinski definition) is 4. The van der Waals surface area contributed by atoms with Gasteiger partial charge in [-0.15, -0.1) is 11.3 Å². The van der Waals surface area contributed by atoms with Crippen LogP contribution in [0.4, 0.5) is 5.69 Å². The third-order valence-corrected chi connectivity index (χ3v) is 4.85. The van der Waals surface area contributed by atoms with Crippen LogP contribution in [0, 0.1) is 11.3 Å². The van der Waals surface area contributed by atoms with E-state index in [-0.39, 0.29) is 5.91 Å². The Morgan fingerprint density at radius 1 is 1.36 bits per heavy atom. The van der Waals surface area contributed by atoms with E-state index in [0.717, 1.165) is 25.1 Å². The molecule has 4 nitrogen and oxygen atoms in total. The van der Waals surface area contributed by atoms with E-state index in [9.17, 15) is 4.79 Å². The zero-order valence-corrected chi connectivity index (χ0v) is 13.0. The van der Waals surface area contributed by atoms with E-state index < -0.39 is 0 Å². The van der Waals surface area contributed by atoms with E-state index in [4.69, 9.17) is 5.26 Å². The fourth-order valence-corrected chi connectivity index (χ4v) is 3.73. The van der Waals surface area contributed by atoms with Crippen LogP contribution in [0.1, 0.15) is 29.3 Å². The second-order valence-corrected chi connectivity index (χ2v) is 6.36. The van der Waals surface area contributed by atoms with Gasteiger partial charge in [0.15, 0.2) is 0 Å². The SMILES string of the molecule is N#Cc1ccc(NC(=O)CN2CCC[C@@H]2c2cccs2)cc1. The molecule has 0 unspecified atom stereocenters. The molecule has 1 aliphatic heterocycles. The predicted octanol–water partition coefficient (Wildman–Crippen LogP) is 3.40. The summed E-state index contributed by atoms with van der Waals surface area (Å²) in [5.41, 5.74) is 1.33. The molecule has 1 atom stereocenters. The van der Waals surface area contributed by atoms with Gasteiger partial charge in [-0.05, 0) is 55.1 Å². The molecule has 1 aliphatic rings. The third-order valence-electron chi connectivity index (χ3n) is 3.88. The highest BCUT2D eigenvalue weighted by Crippen LogP contribution is 2.34. The van der Waals surface area contributed by atoms with Gasteiger partial charge in [0, 0.05) is 16.6 Å². The molecule has 5 heteroatoms. The van der Waals surface area contributed by atoms with Crippen molar-refractivity contribution < 1.29 is 4.79 Å². The van der Waals surface area contributed by atoms with Crippen LogP contribution < -0.4 is 5.32 Å². The van der Waals surface area contributed by atoms with E-state index in [2.05, 4.69) is 33.8 Å². The molecule has 3 rings (SSSR count). The van der Waals surface area contributed by atoms with Crippen LogP contribution in [0.25, 0.3) is 0 Å².